The molecule has 0 unspecified atom stereocenters. The van der Waals surface area contributed by atoms with Crippen LogP contribution >= 0.6 is 0 Å². The molecule has 3 aromatic rings. The van der Waals surface area contributed by atoms with Gasteiger partial charge in [-0.25, -0.2) is 0 Å². The second-order valence-corrected chi connectivity index (χ2v) is 5.18. The Hall–Kier alpha value is -3.13. The fourth-order valence-corrected chi connectivity index (χ4v) is 2.58. The Morgan fingerprint density at radius 3 is 2.55 bits per heavy atom. The summed E-state index contributed by atoms with van der Waals surface area (Å²) in [5.74, 6) is 0. The van der Waals surface area contributed by atoms with E-state index in [1.54, 1.807) is 24.3 Å². The number of aromatic nitrogens is 1. The van der Waals surface area contributed by atoms with Gasteiger partial charge >= 0.3 is 0 Å². The molecule has 0 aliphatic carbocycles. The van der Waals surface area contributed by atoms with Gasteiger partial charge in [0.1, 0.15) is 0 Å². The zero-order chi connectivity index (χ0) is 15.7. The van der Waals surface area contributed by atoms with Crippen LogP contribution in [0.4, 0.5) is 5.69 Å². The van der Waals surface area contributed by atoms with Gasteiger partial charge in [0.2, 0.25) is 0 Å². The highest BCUT2D eigenvalue weighted by atomic mass is 16.6. The minimum Gasteiger partial charge on any atom is -0.347 e. The van der Waals surface area contributed by atoms with Crippen molar-refractivity contribution in [1.29, 1.82) is 5.26 Å². The van der Waals surface area contributed by atoms with Crippen molar-refractivity contribution in [2.24, 2.45) is 7.05 Å². The number of nitro benzene ring substituents is 1. The number of benzene rings is 2. The second-order valence-electron chi connectivity index (χ2n) is 5.18. The molecule has 0 N–H and O–H groups in total. The quantitative estimate of drug-likeness (QED) is 0.547. The Kier molecular flexibility index (Phi) is 3.36. The van der Waals surface area contributed by atoms with Crippen LogP contribution in [0.25, 0.3) is 10.9 Å². The summed E-state index contributed by atoms with van der Waals surface area (Å²) >= 11 is 0. The maximum Gasteiger partial charge on any atom is 0.270 e. The van der Waals surface area contributed by atoms with Crippen molar-refractivity contribution in [2.75, 3.05) is 0 Å². The average molecular weight is 291 g/mol. The first-order valence-electron chi connectivity index (χ1n) is 6.80. The molecule has 0 saturated heterocycles. The van der Waals surface area contributed by atoms with E-state index in [1.165, 1.54) is 6.07 Å². The lowest BCUT2D eigenvalue weighted by Gasteiger charge is -2.04. The van der Waals surface area contributed by atoms with Crippen LogP contribution in [0, 0.1) is 21.4 Å². The first-order valence-corrected chi connectivity index (χ1v) is 6.80. The lowest BCUT2D eigenvalue weighted by molar-refractivity contribution is -0.384. The molecule has 0 aliphatic heterocycles. The predicted octanol–water partition coefficient (Wildman–Crippen LogP) is 3.55. The van der Waals surface area contributed by atoms with Crippen LogP contribution in [0.15, 0.2) is 48.5 Å². The number of nitro groups is 1. The van der Waals surface area contributed by atoms with E-state index in [1.807, 2.05) is 29.8 Å². The third-order valence-electron chi connectivity index (χ3n) is 3.80. The highest BCUT2D eigenvalue weighted by molar-refractivity contribution is 5.83. The summed E-state index contributed by atoms with van der Waals surface area (Å²) in [7, 11) is 1.95. The van der Waals surface area contributed by atoms with Gasteiger partial charge in [0, 0.05) is 42.2 Å². The van der Waals surface area contributed by atoms with Crippen molar-refractivity contribution < 1.29 is 4.92 Å². The monoisotopic (exact) mass is 291 g/mol. The molecule has 0 spiro atoms. The molecule has 22 heavy (non-hydrogen) atoms. The van der Waals surface area contributed by atoms with E-state index >= 15 is 0 Å². The number of fused-ring (bicyclic) bond motifs is 1. The van der Waals surface area contributed by atoms with Crippen LogP contribution in [-0.4, -0.2) is 9.49 Å². The Labute approximate surface area is 127 Å². The normalized spacial score (nSPS) is 10.5. The Bertz CT molecular complexity index is 902. The third-order valence-corrected chi connectivity index (χ3v) is 3.80. The van der Waals surface area contributed by atoms with Gasteiger partial charge in [-0.05, 0) is 29.8 Å². The smallest absolute Gasteiger partial charge is 0.270 e. The van der Waals surface area contributed by atoms with E-state index in [9.17, 15) is 10.1 Å². The largest absolute Gasteiger partial charge is 0.347 e. The highest BCUT2D eigenvalue weighted by Gasteiger charge is 2.11. The Balaban J connectivity index is 1.98. The standard InChI is InChI=1S/C17H13N3O2/c1-19-16(8-12-2-4-13(11-18)5-3-12)10-14-9-15(20(21)22)6-7-17(14)19/h2-7,9-10H,8H2,1H3. The van der Waals surface area contributed by atoms with Gasteiger partial charge in [-0.2, -0.15) is 5.26 Å². The van der Waals surface area contributed by atoms with Gasteiger partial charge in [0.25, 0.3) is 5.69 Å². The predicted molar refractivity (Wildman–Crippen MR) is 83.5 cm³/mol. The molecule has 5 heteroatoms. The summed E-state index contributed by atoms with van der Waals surface area (Å²) in [4.78, 5) is 10.5. The molecular weight excluding hydrogens is 278 g/mol. The third kappa shape index (κ3) is 2.42. The zero-order valence-electron chi connectivity index (χ0n) is 12.0. The molecule has 0 atom stereocenters. The number of nitrogens with zero attached hydrogens (tertiary/aromatic N) is 3. The van der Waals surface area contributed by atoms with Gasteiger partial charge in [-0.3, -0.25) is 10.1 Å². The number of rotatable bonds is 3. The summed E-state index contributed by atoms with van der Waals surface area (Å²) < 4.78 is 2.04. The molecule has 5 nitrogen and oxygen atoms in total. The number of hydrogen-bond acceptors (Lipinski definition) is 3. The maximum absolute atomic E-state index is 10.9. The van der Waals surface area contributed by atoms with E-state index in [0.29, 0.717) is 12.0 Å². The van der Waals surface area contributed by atoms with E-state index in [4.69, 9.17) is 5.26 Å². The van der Waals surface area contributed by atoms with Crippen LogP contribution in [0.5, 0.6) is 0 Å². The molecule has 3 rings (SSSR count). The Morgan fingerprint density at radius 1 is 1.18 bits per heavy atom. The van der Waals surface area contributed by atoms with Crippen molar-refractivity contribution >= 4 is 16.6 Å². The van der Waals surface area contributed by atoms with Crippen LogP contribution in [0.1, 0.15) is 16.8 Å². The number of aryl methyl sites for hydroxylation is 1. The first-order chi connectivity index (χ1) is 10.6. The molecule has 0 fully saturated rings. The van der Waals surface area contributed by atoms with E-state index in [-0.39, 0.29) is 10.6 Å². The second kappa shape index (κ2) is 5.34. The van der Waals surface area contributed by atoms with Gasteiger partial charge in [-0.1, -0.05) is 12.1 Å². The molecule has 0 amide bonds. The van der Waals surface area contributed by atoms with Crippen molar-refractivity contribution in [3.05, 3.63) is 75.5 Å². The van der Waals surface area contributed by atoms with Crippen LogP contribution in [0.3, 0.4) is 0 Å². The zero-order valence-corrected chi connectivity index (χ0v) is 12.0. The first kappa shape index (κ1) is 13.8. The van der Waals surface area contributed by atoms with Gasteiger partial charge in [-0.15, -0.1) is 0 Å². The molecule has 0 aliphatic rings. The molecule has 1 heterocycles. The SMILES string of the molecule is Cn1c(Cc2ccc(C#N)cc2)cc2cc([N+](=O)[O-])ccc21. The van der Waals surface area contributed by atoms with E-state index in [2.05, 4.69) is 6.07 Å². The molecule has 0 saturated carbocycles. The number of non-ortho nitro benzene ring substituents is 1. The van der Waals surface area contributed by atoms with Gasteiger partial charge in [0.05, 0.1) is 16.6 Å². The fraction of sp³-hybridized carbons (Fsp3) is 0.118. The number of nitriles is 1. The van der Waals surface area contributed by atoms with Crippen LogP contribution in [0.2, 0.25) is 0 Å². The summed E-state index contributed by atoms with van der Waals surface area (Å²) in [6, 6.07) is 16.4. The van der Waals surface area contributed by atoms with Gasteiger partial charge < -0.3 is 4.57 Å². The van der Waals surface area contributed by atoms with E-state index in [0.717, 1.165) is 22.2 Å². The van der Waals surface area contributed by atoms with Crippen molar-refractivity contribution in [3.8, 4) is 6.07 Å². The average Bonchev–Trinajstić information content (AvgIpc) is 2.84. The lowest BCUT2D eigenvalue weighted by atomic mass is 10.1. The minimum absolute atomic E-state index is 0.100. The molecular formula is C17H13N3O2. The van der Waals surface area contributed by atoms with Crippen LogP contribution < -0.4 is 0 Å². The highest BCUT2D eigenvalue weighted by Crippen LogP contribution is 2.25. The molecule has 1 aromatic heterocycles. The van der Waals surface area contributed by atoms with Crippen molar-refractivity contribution in [3.63, 3.8) is 0 Å². The summed E-state index contributed by atoms with van der Waals surface area (Å²) in [6.45, 7) is 0. The summed E-state index contributed by atoms with van der Waals surface area (Å²) in [5.41, 5.74) is 3.87. The topological polar surface area (TPSA) is 71.9 Å². The maximum atomic E-state index is 10.9. The molecule has 2 aromatic carbocycles. The molecule has 108 valence electrons. The van der Waals surface area contributed by atoms with E-state index < -0.39 is 0 Å². The Morgan fingerprint density at radius 2 is 1.91 bits per heavy atom. The number of hydrogen-bond donors (Lipinski definition) is 0. The van der Waals surface area contributed by atoms with Crippen LogP contribution in [-0.2, 0) is 13.5 Å². The fourth-order valence-electron chi connectivity index (χ4n) is 2.58. The summed E-state index contributed by atoms with van der Waals surface area (Å²) in [6.07, 6.45) is 0.713. The lowest BCUT2D eigenvalue weighted by Crippen LogP contribution is -1.97. The molecule has 0 radical (unpaired) electrons. The van der Waals surface area contributed by atoms with Crippen molar-refractivity contribution in [1.82, 2.24) is 4.57 Å². The summed E-state index contributed by atoms with van der Waals surface area (Å²) in [5, 5.41) is 20.5. The van der Waals surface area contributed by atoms with Gasteiger partial charge in [0.15, 0.2) is 0 Å². The minimum atomic E-state index is -0.382. The molecule has 0 bridgehead atoms. The van der Waals surface area contributed by atoms with Crippen molar-refractivity contribution in [2.45, 2.75) is 6.42 Å².